The standard InChI is InChI=1S/C15H19N3O2/c1-4-13(10(2)3)17-14-5-6-15(18(19)20)12-9-16-8-7-11(12)14/h5-10,13,17H,4H2,1-3H3. The third kappa shape index (κ3) is 2.71. The van der Waals surface area contributed by atoms with Gasteiger partial charge in [0.2, 0.25) is 0 Å². The zero-order chi connectivity index (χ0) is 14.7. The average Bonchev–Trinajstić information content (AvgIpc) is 2.43. The Morgan fingerprint density at radius 3 is 2.65 bits per heavy atom. The Kier molecular flexibility index (Phi) is 4.17. The van der Waals surface area contributed by atoms with Crippen LogP contribution in [0, 0.1) is 16.0 Å². The molecular weight excluding hydrogens is 254 g/mol. The van der Waals surface area contributed by atoms with Crippen molar-refractivity contribution in [1.29, 1.82) is 0 Å². The van der Waals surface area contributed by atoms with Crippen molar-refractivity contribution in [3.05, 3.63) is 40.7 Å². The molecule has 1 heterocycles. The molecule has 0 spiro atoms. The second kappa shape index (κ2) is 5.86. The molecule has 0 aliphatic heterocycles. The predicted molar refractivity (Wildman–Crippen MR) is 80.9 cm³/mol. The molecule has 1 unspecified atom stereocenters. The molecule has 1 atom stereocenters. The molecule has 5 nitrogen and oxygen atoms in total. The summed E-state index contributed by atoms with van der Waals surface area (Å²) in [4.78, 5) is 14.7. The Morgan fingerprint density at radius 2 is 2.05 bits per heavy atom. The number of pyridine rings is 1. The number of benzene rings is 1. The quantitative estimate of drug-likeness (QED) is 0.660. The summed E-state index contributed by atoms with van der Waals surface area (Å²) in [5, 5.41) is 16.0. The van der Waals surface area contributed by atoms with Crippen LogP contribution < -0.4 is 5.32 Å². The number of non-ortho nitro benzene ring substituents is 1. The highest BCUT2D eigenvalue weighted by molar-refractivity contribution is 5.99. The summed E-state index contributed by atoms with van der Waals surface area (Å²) >= 11 is 0. The molecule has 5 heteroatoms. The molecule has 0 saturated heterocycles. The molecule has 0 aliphatic rings. The van der Waals surface area contributed by atoms with Crippen LogP contribution in [0.5, 0.6) is 0 Å². The lowest BCUT2D eigenvalue weighted by Gasteiger charge is -2.22. The minimum atomic E-state index is -0.368. The summed E-state index contributed by atoms with van der Waals surface area (Å²) in [6.07, 6.45) is 4.21. The molecular formula is C15H19N3O2. The zero-order valence-electron chi connectivity index (χ0n) is 12.0. The maximum Gasteiger partial charge on any atom is 0.278 e. The van der Waals surface area contributed by atoms with Gasteiger partial charge in [0.1, 0.15) is 0 Å². The lowest BCUT2D eigenvalue weighted by molar-refractivity contribution is -0.383. The first-order valence-electron chi connectivity index (χ1n) is 6.82. The third-order valence-corrected chi connectivity index (χ3v) is 3.58. The maximum atomic E-state index is 11.1. The lowest BCUT2D eigenvalue weighted by atomic mass is 10.0. The van der Waals surface area contributed by atoms with E-state index in [1.807, 2.05) is 6.07 Å². The third-order valence-electron chi connectivity index (χ3n) is 3.58. The van der Waals surface area contributed by atoms with Crippen molar-refractivity contribution in [2.45, 2.75) is 33.2 Å². The Balaban J connectivity index is 2.50. The predicted octanol–water partition coefficient (Wildman–Crippen LogP) is 3.99. The fraction of sp³-hybridized carbons (Fsp3) is 0.400. The molecule has 1 aromatic carbocycles. The highest BCUT2D eigenvalue weighted by Gasteiger charge is 2.17. The second-order valence-corrected chi connectivity index (χ2v) is 5.21. The van der Waals surface area contributed by atoms with Gasteiger partial charge in [-0.25, -0.2) is 0 Å². The van der Waals surface area contributed by atoms with Crippen molar-refractivity contribution in [3.8, 4) is 0 Å². The van der Waals surface area contributed by atoms with Gasteiger partial charge in [-0.05, 0) is 24.5 Å². The molecule has 0 aliphatic carbocycles. The number of nitro benzene ring substituents is 1. The number of nitrogens with zero attached hydrogens (tertiary/aromatic N) is 2. The van der Waals surface area contributed by atoms with E-state index >= 15 is 0 Å². The van der Waals surface area contributed by atoms with Gasteiger partial charge in [-0.3, -0.25) is 15.1 Å². The smallest absolute Gasteiger partial charge is 0.278 e. The summed E-state index contributed by atoms with van der Waals surface area (Å²) in [6.45, 7) is 6.46. The van der Waals surface area contributed by atoms with Crippen molar-refractivity contribution < 1.29 is 4.92 Å². The van der Waals surface area contributed by atoms with E-state index in [9.17, 15) is 10.1 Å². The summed E-state index contributed by atoms with van der Waals surface area (Å²) in [7, 11) is 0. The number of nitrogens with one attached hydrogen (secondary N) is 1. The summed E-state index contributed by atoms with van der Waals surface area (Å²) in [5.74, 6) is 0.493. The van der Waals surface area contributed by atoms with Gasteiger partial charge in [0, 0.05) is 35.6 Å². The van der Waals surface area contributed by atoms with Crippen LogP contribution in [-0.2, 0) is 0 Å². The fourth-order valence-electron chi connectivity index (χ4n) is 2.40. The number of rotatable bonds is 5. The van der Waals surface area contributed by atoms with Crippen molar-refractivity contribution in [2.24, 2.45) is 5.92 Å². The van der Waals surface area contributed by atoms with E-state index in [0.717, 1.165) is 17.5 Å². The SMILES string of the molecule is CCC(Nc1ccc([N+](=O)[O-])c2cnccc12)C(C)C. The summed E-state index contributed by atoms with van der Waals surface area (Å²) in [5.41, 5.74) is 1.02. The van der Waals surface area contributed by atoms with Crippen molar-refractivity contribution in [2.75, 3.05) is 5.32 Å². The highest BCUT2D eigenvalue weighted by atomic mass is 16.6. The van der Waals surface area contributed by atoms with Gasteiger partial charge in [0.05, 0.1) is 10.3 Å². The zero-order valence-corrected chi connectivity index (χ0v) is 12.0. The van der Waals surface area contributed by atoms with E-state index in [2.05, 4.69) is 31.1 Å². The van der Waals surface area contributed by atoms with E-state index in [0.29, 0.717) is 17.3 Å². The molecule has 106 valence electrons. The maximum absolute atomic E-state index is 11.1. The highest BCUT2D eigenvalue weighted by Crippen LogP contribution is 2.31. The van der Waals surface area contributed by atoms with Crippen LogP contribution in [0.25, 0.3) is 10.8 Å². The van der Waals surface area contributed by atoms with Crippen LogP contribution in [0.1, 0.15) is 27.2 Å². The minimum Gasteiger partial charge on any atom is -0.382 e. The van der Waals surface area contributed by atoms with Crippen LogP contribution in [0.2, 0.25) is 0 Å². The van der Waals surface area contributed by atoms with Crippen LogP contribution in [-0.4, -0.2) is 15.9 Å². The first-order chi connectivity index (χ1) is 9.54. The molecule has 2 aromatic rings. The number of nitro groups is 1. The second-order valence-electron chi connectivity index (χ2n) is 5.21. The number of anilines is 1. The van der Waals surface area contributed by atoms with E-state index in [4.69, 9.17) is 0 Å². The van der Waals surface area contributed by atoms with Gasteiger partial charge >= 0.3 is 0 Å². The van der Waals surface area contributed by atoms with Crippen LogP contribution >= 0.6 is 0 Å². The Hall–Kier alpha value is -2.17. The van der Waals surface area contributed by atoms with Gasteiger partial charge < -0.3 is 5.32 Å². The summed E-state index contributed by atoms with van der Waals surface area (Å²) in [6, 6.07) is 5.48. The van der Waals surface area contributed by atoms with Gasteiger partial charge in [0.15, 0.2) is 0 Å². The molecule has 20 heavy (non-hydrogen) atoms. The molecule has 0 bridgehead atoms. The molecule has 0 amide bonds. The molecule has 0 saturated carbocycles. The average molecular weight is 273 g/mol. The first kappa shape index (κ1) is 14.2. The topological polar surface area (TPSA) is 68.1 Å². The summed E-state index contributed by atoms with van der Waals surface area (Å²) < 4.78 is 0. The van der Waals surface area contributed by atoms with Crippen molar-refractivity contribution >= 4 is 22.1 Å². The van der Waals surface area contributed by atoms with Crippen LogP contribution in [0.4, 0.5) is 11.4 Å². The van der Waals surface area contributed by atoms with Crippen LogP contribution in [0.3, 0.4) is 0 Å². The van der Waals surface area contributed by atoms with E-state index < -0.39 is 0 Å². The van der Waals surface area contributed by atoms with Crippen LogP contribution in [0.15, 0.2) is 30.6 Å². The largest absolute Gasteiger partial charge is 0.382 e. The molecule has 0 fully saturated rings. The van der Waals surface area contributed by atoms with Gasteiger partial charge in [0.25, 0.3) is 5.69 Å². The number of hydrogen-bond acceptors (Lipinski definition) is 4. The normalized spacial score (nSPS) is 12.6. The van der Waals surface area contributed by atoms with Gasteiger partial charge in [-0.1, -0.05) is 20.8 Å². The monoisotopic (exact) mass is 273 g/mol. The Labute approximate surface area is 118 Å². The first-order valence-corrected chi connectivity index (χ1v) is 6.82. The van der Waals surface area contributed by atoms with Crippen molar-refractivity contribution in [3.63, 3.8) is 0 Å². The van der Waals surface area contributed by atoms with Gasteiger partial charge in [-0.2, -0.15) is 0 Å². The Morgan fingerprint density at radius 1 is 1.30 bits per heavy atom. The van der Waals surface area contributed by atoms with Gasteiger partial charge in [-0.15, -0.1) is 0 Å². The number of aromatic nitrogens is 1. The number of hydrogen-bond donors (Lipinski definition) is 1. The molecule has 1 aromatic heterocycles. The fourth-order valence-corrected chi connectivity index (χ4v) is 2.40. The number of fused-ring (bicyclic) bond motifs is 1. The van der Waals surface area contributed by atoms with E-state index in [1.165, 1.54) is 0 Å². The molecule has 1 N–H and O–H groups in total. The van der Waals surface area contributed by atoms with E-state index in [1.54, 1.807) is 24.5 Å². The lowest BCUT2D eigenvalue weighted by Crippen LogP contribution is -2.24. The Bertz CT molecular complexity index is 626. The molecule has 2 rings (SSSR count). The minimum absolute atomic E-state index is 0.0937. The van der Waals surface area contributed by atoms with Crippen molar-refractivity contribution in [1.82, 2.24) is 4.98 Å². The molecule has 0 radical (unpaired) electrons. The van der Waals surface area contributed by atoms with E-state index in [-0.39, 0.29) is 10.6 Å².